The number of hydrogen-bond donors (Lipinski definition) is 2. The van der Waals surface area contributed by atoms with Gasteiger partial charge in [0.15, 0.2) is 0 Å². The van der Waals surface area contributed by atoms with Gasteiger partial charge in [0.2, 0.25) is 5.91 Å². The second-order valence-corrected chi connectivity index (χ2v) is 7.63. The second kappa shape index (κ2) is 10.4. The molecule has 0 spiro atoms. The van der Waals surface area contributed by atoms with Crippen LogP contribution in [0.2, 0.25) is 5.02 Å². The van der Waals surface area contributed by atoms with Crippen molar-refractivity contribution >= 4 is 53.3 Å². The molecule has 0 saturated carbocycles. The Balaban J connectivity index is 0.00000243. The molecule has 2 heterocycles. The number of benzene rings is 1. The van der Waals surface area contributed by atoms with E-state index in [0.717, 1.165) is 18.1 Å². The number of amides is 2. The molecule has 2 aliphatic heterocycles. The van der Waals surface area contributed by atoms with E-state index < -0.39 is 0 Å². The lowest BCUT2D eigenvalue weighted by atomic mass is 10.1. The van der Waals surface area contributed by atoms with Crippen molar-refractivity contribution in [2.75, 3.05) is 49.7 Å². The third-order valence-electron chi connectivity index (χ3n) is 4.21. The molecule has 2 N–H and O–H groups in total. The van der Waals surface area contributed by atoms with Crippen molar-refractivity contribution in [2.45, 2.75) is 12.5 Å². The molecule has 0 bridgehead atoms. The third kappa shape index (κ3) is 5.76. The van der Waals surface area contributed by atoms with Crippen molar-refractivity contribution in [1.29, 1.82) is 0 Å². The van der Waals surface area contributed by atoms with Crippen LogP contribution in [0.15, 0.2) is 18.2 Å². The van der Waals surface area contributed by atoms with Gasteiger partial charge in [0.1, 0.15) is 0 Å². The predicted octanol–water partition coefficient (Wildman–Crippen LogP) is 2.27. The number of anilines is 1. The SMILES string of the molecule is Cl.O=C(CC1CSCCN1)Nc1ccc(C(=O)N2CCOCC2)c(Cl)c1. The Labute approximate surface area is 168 Å². The fraction of sp³-hybridized carbons (Fsp3) is 0.529. The highest BCUT2D eigenvalue weighted by Crippen LogP contribution is 2.23. The van der Waals surface area contributed by atoms with Gasteiger partial charge in [0, 0.05) is 49.3 Å². The van der Waals surface area contributed by atoms with E-state index in [9.17, 15) is 9.59 Å². The van der Waals surface area contributed by atoms with Gasteiger partial charge in [-0.05, 0) is 18.2 Å². The molecule has 0 aliphatic carbocycles. The second-order valence-electron chi connectivity index (χ2n) is 6.08. The van der Waals surface area contributed by atoms with E-state index >= 15 is 0 Å². The molecule has 3 rings (SSSR count). The van der Waals surface area contributed by atoms with Gasteiger partial charge >= 0.3 is 0 Å². The Hall–Kier alpha value is -0.990. The van der Waals surface area contributed by atoms with Crippen LogP contribution >= 0.6 is 35.8 Å². The Morgan fingerprint density at radius 2 is 2.12 bits per heavy atom. The molecule has 26 heavy (non-hydrogen) atoms. The van der Waals surface area contributed by atoms with Gasteiger partial charge in [-0.1, -0.05) is 11.6 Å². The van der Waals surface area contributed by atoms with E-state index in [-0.39, 0.29) is 30.3 Å². The van der Waals surface area contributed by atoms with Gasteiger partial charge in [0.05, 0.1) is 23.8 Å². The van der Waals surface area contributed by atoms with E-state index in [0.29, 0.717) is 49.0 Å². The van der Waals surface area contributed by atoms with Gasteiger partial charge in [-0.25, -0.2) is 0 Å². The highest BCUT2D eigenvalue weighted by Gasteiger charge is 2.21. The lowest BCUT2D eigenvalue weighted by molar-refractivity contribution is -0.116. The molecule has 1 aromatic carbocycles. The molecule has 9 heteroatoms. The van der Waals surface area contributed by atoms with E-state index in [4.69, 9.17) is 16.3 Å². The zero-order chi connectivity index (χ0) is 17.6. The Bertz CT molecular complexity index is 636. The minimum atomic E-state index is -0.102. The van der Waals surface area contributed by atoms with E-state index in [1.165, 1.54) is 0 Å². The first-order chi connectivity index (χ1) is 12.1. The minimum absolute atomic E-state index is 0. The summed E-state index contributed by atoms with van der Waals surface area (Å²) in [4.78, 5) is 26.4. The molecule has 2 saturated heterocycles. The van der Waals surface area contributed by atoms with E-state index in [1.54, 1.807) is 23.1 Å². The number of morpholine rings is 1. The molecule has 1 aromatic rings. The number of nitrogens with one attached hydrogen (secondary N) is 2. The maximum absolute atomic E-state index is 12.5. The van der Waals surface area contributed by atoms with Crippen molar-refractivity contribution in [3.63, 3.8) is 0 Å². The number of nitrogens with zero attached hydrogens (tertiary/aromatic N) is 1. The van der Waals surface area contributed by atoms with Crippen LogP contribution in [0.25, 0.3) is 0 Å². The first kappa shape index (κ1) is 21.3. The fourth-order valence-corrected chi connectivity index (χ4v) is 4.10. The molecule has 2 fully saturated rings. The largest absolute Gasteiger partial charge is 0.378 e. The number of ether oxygens (including phenoxy) is 1. The van der Waals surface area contributed by atoms with Crippen LogP contribution in [-0.4, -0.2) is 67.1 Å². The Morgan fingerprint density at radius 1 is 1.35 bits per heavy atom. The maximum Gasteiger partial charge on any atom is 0.255 e. The first-order valence-electron chi connectivity index (χ1n) is 8.41. The highest BCUT2D eigenvalue weighted by atomic mass is 35.5. The third-order valence-corrected chi connectivity index (χ3v) is 5.66. The zero-order valence-corrected chi connectivity index (χ0v) is 16.7. The molecule has 144 valence electrons. The topological polar surface area (TPSA) is 70.7 Å². The summed E-state index contributed by atoms with van der Waals surface area (Å²) in [5, 5.41) is 6.55. The monoisotopic (exact) mass is 419 g/mol. The number of halogens is 2. The molecule has 0 radical (unpaired) electrons. The van der Waals surface area contributed by atoms with Crippen LogP contribution in [0, 0.1) is 0 Å². The van der Waals surface area contributed by atoms with Gasteiger partial charge in [-0.2, -0.15) is 11.8 Å². The highest BCUT2D eigenvalue weighted by molar-refractivity contribution is 7.99. The molecular formula is C17H23Cl2N3O3S. The summed E-state index contributed by atoms with van der Waals surface area (Å²) in [5.74, 6) is 1.88. The summed E-state index contributed by atoms with van der Waals surface area (Å²) in [5.41, 5.74) is 1.06. The zero-order valence-electron chi connectivity index (χ0n) is 14.3. The minimum Gasteiger partial charge on any atom is -0.378 e. The van der Waals surface area contributed by atoms with Crippen molar-refractivity contribution in [1.82, 2.24) is 10.2 Å². The summed E-state index contributed by atoms with van der Waals surface area (Å²) >= 11 is 8.13. The number of carbonyl (C=O) groups excluding carboxylic acids is 2. The van der Waals surface area contributed by atoms with E-state index in [2.05, 4.69) is 10.6 Å². The van der Waals surface area contributed by atoms with Crippen LogP contribution in [0.1, 0.15) is 16.8 Å². The van der Waals surface area contributed by atoms with Gasteiger partial charge in [-0.15, -0.1) is 12.4 Å². The molecule has 6 nitrogen and oxygen atoms in total. The van der Waals surface area contributed by atoms with E-state index in [1.807, 2.05) is 11.8 Å². The normalized spacial score (nSPS) is 20.2. The summed E-state index contributed by atoms with van der Waals surface area (Å²) in [6, 6.07) is 5.23. The maximum atomic E-state index is 12.5. The molecule has 2 aliphatic rings. The molecule has 2 amide bonds. The fourth-order valence-electron chi connectivity index (χ4n) is 2.89. The van der Waals surface area contributed by atoms with Gasteiger partial charge in [0.25, 0.3) is 5.91 Å². The first-order valence-corrected chi connectivity index (χ1v) is 9.94. The van der Waals surface area contributed by atoms with Crippen molar-refractivity contribution in [2.24, 2.45) is 0 Å². The van der Waals surface area contributed by atoms with Crippen LogP contribution in [0.3, 0.4) is 0 Å². The lowest BCUT2D eigenvalue weighted by Crippen LogP contribution is -2.40. The van der Waals surface area contributed by atoms with Crippen molar-refractivity contribution in [3.8, 4) is 0 Å². The number of rotatable bonds is 4. The summed E-state index contributed by atoms with van der Waals surface area (Å²) in [6.07, 6.45) is 0.430. The number of carbonyl (C=O) groups is 2. The van der Waals surface area contributed by atoms with Crippen molar-refractivity contribution < 1.29 is 14.3 Å². The van der Waals surface area contributed by atoms with Crippen LogP contribution in [-0.2, 0) is 9.53 Å². The predicted molar refractivity (Wildman–Crippen MR) is 108 cm³/mol. The quantitative estimate of drug-likeness (QED) is 0.782. The summed E-state index contributed by atoms with van der Waals surface area (Å²) in [6.45, 7) is 3.17. The standard InChI is InChI=1S/C17H22ClN3O3S.ClH/c18-15-9-12(20-16(22)10-13-11-25-8-3-19-13)1-2-14(15)17(23)21-4-6-24-7-5-21;/h1-2,9,13,19H,3-8,10-11H2,(H,20,22);1H. The average Bonchev–Trinajstić information content (AvgIpc) is 2.63. The molecule has 1 unspecified atom stereocenters. The number of hydrogen-bond acceptors (Lipinski definition) is 5. The summed E-state index contributed by atoms with van der Waals surface area (Å²) in [7, 11) is 0. The van der Waals surface area contributed by atoms with Gasteiger partial charge < -0.3 is 20.3 Å². The average molecular weight is 420 g/mol. The van der Waals surface area contributed by atoms with Crippen LogP contribution < -0.4 is 10.6 Å². The Morgan fingerprint density at radius 3 is 2.77 bits per heavy atom. The smallest absolute Gasteiger partial charge is 0.255 e. The molecular weight excluding hydrogens is 397 g/mol. The van der Waals surface area contributed by atoms with Crippen LogP contribution in [0.4, 0.5) is 5.69 Å². The Kier molecular flexibility index (Phi) is 8.50. The number of thioether (sulfide) groups is 1. The van der Waals surface area contributed by atoms with Crippen LogP contribution in [0.5, 0.6) is 0 Å². The van der Waals surface area contributed by atoms with Crippen molar-refractivity contribution in [3.05, 3.63) is 28.8 Å². The molecule has 0 aromatic heterocycles. The molecule has 1 atom stereocenters. The van der Waals surface area contributed by atoms with Gasteiger partial charge in [-0.3, -0.25) is 9.59 Å². The summed E-state index contributed by atoms with van der Waals surface area (Å²) < 4.78 is 5.26. The lowest BCUT2D eigenvalue weighted by Gasteiger charge is -2.27.